The number of methoxy groups -OCH3 is 1. The first-order valence-corrected chi connectivity index (χ1v) is 9.05. The van der Waals surface area contributed by atoms with Crippen LogP contribution in [0.25, 0.3) is 0 Å². The zero-order valence-corrected chi connectivity index (χ0v) is 15.1. The van der Waals surface area contributed by atoms with E-state index in [1.807, 2.05) is 6.92 Å². The predicted molar refractivity (Wildman–Crippen MR) is 96.8 cm³/mol. The Morgan fingerprint density at radius 2 is 1.92 bits per heavy atom. The number of phenols is 1. The number of nitrogens with zero attached hydrogens (tertiary/aromatic N) is 1. The average molecular weight is 377 g/mol. The Kier molecular flexibility index (Phi) is 6.31. The summed E-state index contributed by atoms with van der Waals surface area (Å²) in [5, 5.41) is 13.4. The van der Waals surface area contributed by atoms with Gasteiger partial charge in [0.15, 0.2) is 11.5 Å². The van der Waals surface area contributed by atoms with Gasteiger partial charge in [-0.05, 0) is 42.8 Å². The highest BCUT2D eigenvalue weighted by Gasteiger charge is 2.14. The Hall–Kier alpha value is -2.91. The summed E-state index contributed by atoms with van der Waals surface area (Å²) in [5.41, 5.74) is 3.67. The molecule has 0 fully saturated rings. The minimum absolute atomic E-state index is 0.0614. The van der Waals surface area contributed by atoms with Crippen LogP contribution in [-0.2, 0) is 14.8 Å². The molecule has 8 nitrogen and oxygen atoms in total. The van der Waals surface area contributed by atoms with Crippen LogP contribution in [0.4, 0.5) is 0 Å². The van der Waals surface area contributed by atoms with Crippen LogP contribution in [0, 0.1) is 6.92 Å². The van der Waals surface area contributed by atoms with Gasteiger partial charge in [0, 0.05) is 0 Å². The number of phenolic OH excluding ortho intramolecular Hbond substituents is 1. The van der Waals surface area contributed by atoms with Crippen molar-refractivity contribution < 1.29 is 23.1 Å². The number of hydrogen-bond donors (Lipinski definition) is 3. The van der Waals surface area contributed by atoms with Gasteiger partial charge < -0.3 is 9.84 Å². The van der Waals surface area contributed by atoms with Gasteiger partial charge >= 0.3 is 0 Å². The molecule has 0 heterocycles. The van der Waals surface area contributed by atoms with Crippen LogP contribution in [0.15, 0.2) is 52.5 Å². The molecule has 0 spiro atoms. The van der Waals surface area contributed by atoms with Crippen LogP contribution in [0.5, 0.6) is 11.5 Å². The highest BCUT2D eigenvalue weighted by Crippen LogP contribution is 2.25. The quantitative estimate of drug-likeness (QED) is 0.494. The van der Waals surface area contributed by atoms with E-state index in [0.717, 1.165) is 5.56 Å². The van der Waals surface area contributed by atoms with E-state index in [4.69, 9.17) is 4.74 Å². The molecule has 1 amide bonds. The van der Waals surface area contributed by atoms with E-state index in [9.17, 15) is 18.3 Å². The summed E-state index contributed by atoms with van der Waals surface area (Å²) in [6.07, 6.45) is 1.31. The highest BCUT2D eigenvalue weighted by molar-refractivity contribution is 7.89. The fraction of sp³-hybridized carbons (Fsp3) is 0.176. The number of rotatable bonds is 7. The topological polar surface area (TPSA) is 117 Å². The molecule has 0 radical (unpaired) electrons. The van der Waals surface area contributed by atoms with E-state index in [2.05, 4.69) is 15.2 Å². The van der Waals surface area contributed by atoms with Gasteiger partial charge in [0.1, 0.15) is 0 Å². The Morgan fingerprint density at radius 3 is 2.54 bits per heavy atom. The molecule has 0 bridgehead atoms. The third-order valence-electron chi connectivity index (χ3n) is 3.36. The van der Waals surface area contributed by atoms with Gasteiger partial charge in [-0.1, -0.05) is 17.7 Å². The highest BCUT2D eigenvalue weighted by atomic mass is 32.2. The van der Waals surface area contributed by atoms with Gasteiger partial charge in [0.25, 0.3) is 5.91 Å². The zero-order chi connectivity index (χ0) is 19.2. The molecule has 0 unspecified atom stereocenters. The Labute approximate surface area is 151 Å². The van der Waals surface area contributed by atoms with E-state index in [1.54, 1.807) is 24.3 Å². The second-order valence-electron chi connectivity index (χ2n) is 5.36. The van der Waals surface area contributed by atoms with Crippen molar-refractivity contribution in [1.82, 2.24) is 10.1 Å². The molecular formula is C17H19N3O5S. The second kappa shape index (κ2) is 8.45. The lowest BCUT2D eigenvalue weighted by molar-refractivity contribution is -0.119. The summed E-state index contributed by atoms with van der Waals surface area (Å²) in [7, 11) is -2.34. The summed E-state index contributed by atoms with van der Waals surface area (Å²) in [4.78, 5) is 11.8. The molecule has 0 aromatic heterocycles. The molecule has 9 heteroatoms. The molecule has 0 aliphatic heterocycles. The average Bonchev–Trinajstić information content (AvgIpc) is 2.61. The van der Waals surface area contributed by atoms with Gasteiger partial charge in [-0.2, -0.15) is 5.10 Å². The van der Waals surface area contributed by atoms with Crippen LogP contribution in [0.1, 0.15) is 11.1 Å². The Balaban J connectivity index is 1.88. The monoisotopic (exact) mass is 377 g/mol. The Morgan fingerprint density at radius 1 is 1.23 bits per heavy atom. The Bertz CT molecular complexity index is 908. The number of carbonyl (C=O) groups excluding carboxylic acids is 1. The number of amides is 1. The van der Waals surface area contributed by atoms with Gasteiger partial charge in [0.2, 0.25) is 10.0 Å². The maximum Gasteiger partial charge on any atom is 0.255 e. The molecule has 2 rings (SSSR count). The summed E-state index contributed by atoms with van der Waals surface area (Å²) >= 11 is 0. The lowest BCUT2D eigenvalue weighted by Gasteiger charge is -2.06. The number of benzene rings is 2. The molecule has 0 aliphatic carbocycles. The van der Waals surface area contributed by atoms with Crippen molar-refractivity contribution in [2.75, 3.05) is 13.7 Å². The first-order valence-electron chi connectivity index (χ1n) is 7.57. The first-order chi connectivity index (χ1) is 12.3. The maximum absolute atomic E-state index is 12.1. The number of aryl methyl sites for hydroxylation is 1. The van der Waals surface area contributed by atoms with Crippen LogP contribution in [0.3, 0.4) is 0 Å². The summed E-state index contributed by atoms with van der Waals surface area (Å²) in [6.45, 7) is 1.39. The number of nitrogens with one attached hydrogen (secondary N) is 2. The molecule has 0 saturated heterocycles. The maximum atomic E-state index is 12.1. The number of hydrazone groups is 1. The van der Waals surface area contributed by atoms with Crippen molar-refractivity contribution >= 4 is 22.1 Å². The van der Waals surface area contributed by atoms with Crippen molar-refractivity contribution in [2.45, 2.75) is 11.8 Å². The summed E-state index contributed by atoms with van der Waals surface area (Å²) in [5.74, 6) is -0.375. The lowest BCUT2D eigenvalue weighted by atomic mass is 10.2. The molecular weight excluding hydrogens is 358 g/mol. The van der Waals surface area contributed by atoms with Crippen molar-refractivity contribution in [2.24, 2.45) is 5.10 Å². The predicted octanol–water partition coefficient (Wildman–Crippen LogP) is 1.14. The standard InChI is InChI=1S/C17H19N3O5S/c1-12-3-6-14(7-4-12)26(23,24)19-11-17(22)20-18-10-13-5-8-16(25-2)15(21)9-13/h3-10,19,21H,11H2,1-2H3,(H,20,22). The fourth-order valence-electron chi connectivity index (χ4n) is 1.97. The van der Waals surface area contributed by atoms with E-state index < -0.39 is 22.5 Å². The first kappa shape index (κ1) is 19.4. The molecule has 2 aromatic rings. The largest absolute Gasteiger partial charge is 0.504 e. The van der Waals surface area contributed by atoms with Crippen molar-refractivity contribution in [3.05, 3.63) is 53.6 Å². The van der Waals surface area contributed by atoms with E-state index >= 15 is 0 Å². The number of carbonyl (C=O) groups is 1. The van der Waals surface area contributed by atoms with Gasteiger partial charge in [-0.3, -0.25) is 4.79 Å². The van der Waals surface area contributed by atoms with Crippen molar-refractivity contribution in [1.29, 1.82) is 0 Å². The number of ether oxygens (including phenoxy) is 1. The third-order valence-corrected chi connectivity index (χ3v) is 4.78. The summed E-state index contributed by atoms with van der Waals surface area (Å²) < 4.78 is 31.3. The number of sulfonamides is 1. The molecule has 2 aromatic carbocycles. The van der Waals surface area contributed by atoms with Crippen molar-refractivity contribution in [3.63, 3.8) is 0 Å². The number of hydrogen-bond acceptors (Lipinski definition) is 6. The van der Waals surface area contributed by atoms with E-state index in [-0.39, 0.29) is 10.6 Å². The van der Waals surface area contributed by atoms with Crippen LogP contribution in [-0.4, -0.2) is 39.3 Å². The SMILES string of the molecule is COc1ccc(C=NNC(=O)CNS(=O)(=O)c2ccc(C)cc2)cc1O. The third kappa shape index (κ3) is 5.30. The van der Waals surface area contributed by atoms with Crippen LogP contribution in [0.2, 0.25) is 0 Å². The van der Waals surface area contributed by atoms with Crippen LogP contribution < -0.4 is 14.9 Å². The minimum Gasteiger partial charge on any atom is -0.504 e. The molecule has 3 N–H and O–H groups in total. The van der Waals surface area contributed by atoms with E-state index in [0.29, 0.717) is 11.3 Å². The van der Waals surface area contributed by atoms with Gasteiger partial charge in [-0.25, -0.2) is 18.6 Å². The molecule has 0 atom stereocenters. The molecule has 138 valence electrons. The minimum atomic E-state index is -3.77. The molecule has 26 heavy (non-hydrogen) atoms. The summed E-state index contributed by atoms with van der Waals surface area (Å²) in [6, 6.07) is 10.9. The lowest BCUT2D eigenvalue weighted by Crippen LogP contribution is -2.34. The van der Waals surface area contributed by atoms with Crippen molar-refractivity contribution in [3.8, 4) is 11.5 Å². The van der Waals surface area contributed by atoms with Crippen LogP contribution >= 0.6 is 0 Å². The second-order valence-corrected chi connectivity index (χ2v) is 7.13. The van der Waals surface area contributed by atoms with Gasteiger partial charge in [-0.15, -0.1) is 0 Å². The molecule has 0 saturated carbocycles. The fourth-order valence-corrected chi connectivity index (χ4v) is 2.95. The van der Waals surface area contributed by atoms with Gasteiger partial charge in [0.05, 0.1) is 24.8 Å². The smallest absolute Gasteiger partial charge is 0.255 e. The molecule has 0 aliphatic rings. The zero-order valence-electron chi connectivity index (χ0n) is 14.3. The normalized spacial score (nSPS) is 11.5. The number of aromatic hydroxyl groups is 1. The van der Waals surface area contributed by atoms with E-state index in [1.165, 1.54) is 31.5 Å².